The highest BCUT2D eigenvalue weighted by Crippen LogP contribution is 2.65. The summed E-state index contributed by atoms with van der Waals surface area (Å²) < 4.78 is 42.0. The van der Waals surface area contributed by atoms with Gasteiger partial charge in [-0.05, 0) is 149 Å². The van der Waals surface area contributed by atoms with Gasteiger partial charge in [0.1, 0.15) is 36.2 Å². The normalized spacial score (nSPS) is 17.1. The fraction of sp³-hybridized carbons (Fsp3) is 0.457. The van der Waals surface area contributed by atoms with Crippen molar-refractivity contribution >= 4 is 57.7 Å². The van der Waals surface area contributed by atoms with E-state index in [0.717, 1.165) is 75.3 Å². The Labute approximate surface area is 501 Å². The van der Waals surface area contributed by atoms with Crippen molar-refractivity contribution in [1.29, 1.82) is 0 Å². The zero-order chi connectivity index (χ0) is 60.3. The molecule has 0 radical (unpaired) electrons. The molecule has 0 amide bonds. The van der Waals surface area contributed by atoms with Crippen LogP contribution in [-0.2, 0) is 34.5 Å². The lowest BCUT2D eigenvalue weighted by Crippen LogP contribution is -2.45. The molecule has 9 rings (SSSR count). The first kappa shape index (κ1) is 63.2. The van der Waals surface area contributed by atoms with Crippen LogP contribution in [0.5, 0.6) is 23.0 Å². The average molecular weight is 1180 g/mol. The summed E-state index contributed by atoms with van der Waals surface area (Å²) >= 11 is 1.76. The number of methoxy groups -OCH3 is 2. The molecule has 0 aromatic heterocycles. The Hall–Kier alpha value is -5.84. The molecule has 0 bridgehead atoms. The molecule has 1 heterocycles. The average Bonchev–Trinajstić information content (AvgIpc) is 1.65. The lowest BCUT2D eigenvalue weighted by molar-refractivity contribution is -0.222. The zero-order valence-electron chi connectivity index (χ0n) is 52.2. The van der Waals surface area contributed by atoms with E-state index in [2.05, 4.69) is 140 Å². The molecule has 3 aliphatic rings. The number of aryl methyl sites for hydroxylation is 2. The standard InChI is InChI=1S/C64H74O10SSi.C6H16Si/c1-12-62(13-2)33-35-63(36-34-62)51-20-15-14-19-47(51)56-49-40-53(75-59-41(3)17-16-18-42(59)4)52(69-9)39-50(49)58-48(57(56)63)31-32-64(73-58,43-21-25-45(68-8)26-22-43)44-23-27-46(28-24-44)70-37-38-71-54(65)29-30-55(66)72-60(67)74-76(10,11)61(5,6)7;1-6(2,3)7(4)5/h14-28,31-32,39-40,60,67H,12-13,29-30,33-38H2,1-11H3;7H,1-5H3. The van der Waals surface area contributed by atoms with Crippen molar-refractivity contribution in [1.82, 2.24) is 0 Å². The molecule has 444 valence electrons. The number of hydrogen-bond donors (Lipinski definition) is 1. The molecule has 2 aliphatic carbocycles. The molecule has 6 aromatic rings. The summed E-state index contributed by atoms with van der Waals surface area (Å²) in [5.74, 6) is 1.58. The highest BCUT2D eigenvalue weighted by atomic mass is 32.2. The Morgan fingerprint density at radius 1 is 0.747 bits per heavy atom. The Morgan fingerprint density at radius 3 is 1.90 bits per heavy atom. The number of aliphatic hydroxyl groups is 1. The van der Waals surface area contributed by atoms with Crippen LogP contribution >= 0.6 is 11.8 Å². The Kier molecular flexibility index (Phi) is 19.3. The van der Waals surface area contributed by atoms with Crippen LogP contribution in [0.1, 0.15) is 146 Å². The summed E-state index contributed by atoms with van der Waals surface area (Å²) in [7, 11) is 0.689. The van der Waals surface area contributed by atoms with Crippen LogP contribution in [0.2, 0.25) is 36.3 Å². The summed E-state index contributed by atoms with van der Waals surface area (Å²) in [5, 5.41) is 12.8. The van der Waals surface area contributed by atoms with Gasteiger partial charge in [0.2, 0.25) is 0 Å². The second kappa shape index (κ2) is 25.4. The fourth-order valence-corrected chi connectivity index (χ4v) is 13.5. The quantitative estimate of drug-likeness (QED) is 0.0383. The van der Waals surface area contributed by atoms with Crippen molar-refractivity contribution in [2.75, 3.05) is 27.4 Å². The van der Waals surface area contributed by atoms with Gasteiger partial charge in [0.25, 0.3) is 0 Å². The topological polar surface area (TPSA) is 119 Å². The van der Waals surface area contributed by atoms with Crippen LogP contribution < -0.4 is 18.9 Å². The van der Waals surface area contributed by atoms with E-state index in [0.29, 0.717) is 16.2 Å². The first-order valence-corrected chi connectivity index (χ1v) is 36.4. The summed E-state index contributed by atoms with van der Waals surface area (Å²) in [6.07, 6.45) is 10.9. The van der Waals surface area contributed by atoms with E-state index in [1.54, 1.807) is 26.0 Å². The zero-order valence-corrected chi connectivity index (χ0v) is 55.2. The number of rotatable bonds is 18. The van der Waals surface area contributed by atoms with Crippen LogP contribution in [0.15, 0.2) is 119 Å². The lowest BCUT2D eigenvalue weighted by Gasteiger charge is -2.47. The Morgan fingerprint density at radius 2 is 1.34 bits per heavy atom. The first-order chi connectivity index (χ1) is 39.3. The molecule has 6 aromatic carbocycles. The van der Waals surface area contributed by atoms with Gasteiger partial charge in [-0.1, -0.05) is 166 Å². The Balaban J connectivity index is 0.00000121. The number of aliphatic hydroxyl groups excluding tert-OH is 1. The summed E-state index contributed by atoms with van der Waals surface area (Å²) in [6, 6.07) is 36.1. The van der Waals surface area contributed by atoms with Gasteiger partial charge in [0, 0.05) is 41.2 Å². The van der Waals surface area contributed by atoms with Gasteiger partial charge < -0.3 is 38.0 Å². The molecule has 13 heteroatoms. The van der Waals surface area contributed by atoms with E-state index in [1.165, 1.54) is 51.1 Å². The first-order valence-electron chi connectivity index (χ1n) is 29.8. The van der Waals surface area contributed by atoms with Gasteiger partial charge >= 0.3 is 18.4 Å². The van der Waals surface area contributed by atoms with Crippen LogP contribution in [0.25, 0.3) is 28.0 Å². The molecule has 2 unspecified atom stereocenters. The number of hydrogen-bond acceptors (Lipinski definition) is 11. The minimum absolute atomic E-state index is 0.0277. The molecule has 83 heavy (non-hydrogen) atoms. The molecule has 1 aliphatic heterocycles. The number of benzene rings is 6. The van der Waals surface area contributed by atoms with Crippen LogP contribution in [0.3, 0.4) is 0 Å². The predicted molar refractivity (Wildman–Crippen MR) is 343 cm³/mol. The largest absolute Gasteiger partial charge is 0.497 e. The highest BCUT2D eigenvalue weighted by molar-refractivity contribution is 7.99. The number of ether oxygens (including phenoxy) is 6. The van der Waals surface area contributed by atoms with E-state index in [9.17, 15) is 14.7 Å². The Bertz CT molecular complexity index is 3280. The minimum Gasteiger partial charge on any atom is -0.497 e. The van der Waals surface area contributed by atoms with Gasteiger partial charge in [-0.3, -0.25) is 9.59 Å². The number of esters is 2. The maximum atomic E-state index is 12.6. The maximum absolute atomic E-state index is 12.6. The lowest BCUT2D eigenvalue weighted by atomic mass is 9.58. The number of fused-ring (bicyclic) bond motifs is 10. The molecule has 1 fully saturated rings. The molecule has 0 saturated heterocycles. The van der Waals surface area contributed by atoms with Crippen molar-refractivity contribution in [3.8, 4) is 34.1 Å². The van der Waals surface area contributed by atoms with Crippen molar-refractivity contribution in [2.24, 2.45) is 5.41 Å². The van der Waals surface area contributed by atoms with Crippen molar-refractivity contribution < 1.29 is 47.5 Å². The predicted octanol–water partition coefficient (Wildman–Crippen LogP) is 17.4. The second-order valence-electron chi connectivity index (χ2n) is 25.9. The molecular formula is C70H90O10SSi2. The summed E-state index contributed by atoms with van der Waals surface area (Å²) in [5.41, 5.74) is 9.77. The van der Waals surface area contributed by atoms with Gasteiger partial charge in [-0.15, -0.1) is 0 Å². The van der Waals surface area contributed by atoms with Gasteiger partial charge in [0.15, 0.2) is 13.9 Å². The molecule has 10 nitrogen and oxygen atoms in total. The van der Waals surface area contributed by atoms with E-state index in [-0.39, 0.29) is 45.3 Å². The van der Waals surface area contributed by atoms with Crippen LogP contribution in [-0.4, -0.2) is 68.1 Å². The molecule has 1 saturated carbocycles. The van der Waals surface area contributed by atoms with Gasteiger partial charge in [0.05, 0.1) is 32.0 Å². The third kappa shape index (κ3) is 13.2. The van der Waals surface area contributed by atoms with E-state index >= 15 is 0 Å². The molecule has 1 N–H and O–H groups in total. The molecule has 2 atom stereocenters. The highest BCUT2D eigenvalue weighted by Gasteiger charge is 2.52. The van der Waals surface area contributed by atoms with E-state index in [4.69, 9.17) is 32.8 Å². The van der Waals surface area contributed by atoms with Crippen LogP contribution in [0, 0.1) is 19.3 Å². The third-order valence-corrected chi connectivity index (χ3v) is 28.2. The van der Waals surface area contributed by atoms with Crippen molar-refractivity contribution in [3.63, 3.8) is 0 Å². The SMILES string of the molecule is CCC1(CC)CCC2(CC1)c1ccccc1-c1c2c2c(c3cc(OC)c(Sc4c(C)cccc4C)cc13)OC(c1ccc(OC)cc1)(c1ccc(OCCOC(=O)CCC(=O)OC(O)O[Si](C)(C)C(C)(C)C)cc1)C=C2.C[SiH](C)C(C)(C)C. The van der Waals surface area contributed by atoms with Crippen molar-refractivity contribution in [2.45, 2.75) is 184 Å². The van der Waals surface area contributed by atoms with Crippen LogP contribution in [0.4, 0.5) is 0 Å². The van der Waals surface area contributed by atoms with Gasteiger partial charge in [-0.2, -0.15) is 0 Å². The number of carbonyl (C=O) groups excluding carboxylic acids is 2. The monoisotopic (exact) mass is 1180 g/mol. The summed E-state index contributed by atoms with van der Waals surface area (Å²) in [4.78, 5) is 27.3. The van der Waals surface area contributed by atoms with Crippen molar-refractivity contribution in [3.05, 3.63) is 148 Å². The number of carbonyl (C=O) groups is 2. The molecule has 1 spiro atoms. The van der Waals surface area contributed by atoms with E-state index in [1.807, 2.05) is 70.3 Å². The second-order valence-corrected chi connectivity index (χ2v) is 35.7. The summed E-state index contributed by atoms with van der Waals surface area (Å²) in [6.45, 7) is 29.1. The third-order valence-electron chi connectivity index (χ3n) is 18.9. The minimum atomic E-state index is -2.38. The van der Waals surface area contributed by atoms with Gasteiger partial charge in [-0.25, -0.2) is 0 Å². The fourth-order valence-electron chi connectivity index (χ4n) is 11.5. The van der Waals surface area contributed by atoms with E-state index < -0.39 is 32.3 Å². The smallest absolute Gasteiger partial charge is 0.310 e. The maximum Gasteiger partial charge on any atom is 0.310 e. The molecular weight excluding hydrogens is 1090 g/mol.